The topological polar surface area (TPSA) is 101 Å². The number of carbonyl (C=O) groups is 1. The van der Waals surface area contributed by atoms with Crippen LogP contribution in [0.3, 0.4) is 0 Å². The minimum atomic E-state index is -0.912. The van der Waals surface area contributed by atoms with Gasteiger partial charge in [0.1, 0.15) is 23.1 Å². The van der Waals surface area contributed by atoms with Crippen LogP contribution in [0.15, 0.2) is 10.9 Å². The van der Waals surface area contributed by atoms with E-state index >= 15 is 0 Å². The van der Waals surface area contributed by atoms with E-state index in [0.717, 1.165) is 6.42 Å². The van der Waals surface area contributed by atoms with Gasteiger partial charge in [0, 0.05) is 0 Å². The second kappa shape index (κ2) is 3.66. The van der Waals surface area contributed by atoms with Crippen molar-refractivity contribution in [3.8, 4) is 0 Å². The van der Waals surface area contributed by atoms with Gasteiger partial charge in [0.2, 0.25) is 0 Å². The van der Waals surface area contributed by atoms with Crippen molar-refractivity contribution in [2.45, 2.75) is 31.7 Å². The van der Waals surface area contributed by atoms with Crippen LogP contribution in [0.2, 0.25) is 0 Å². The summed E-state index contributed by atoms with van der Waals surface area (Å²) in [6.07, 6.45) is 3.43. The fourth-order valence-corrected chi connectivity index (χ4v) is 2.17. The number of fused-ring (bicyclic) bond motifs is 1. The summed E-state index contributed by atoms with van der Waals surface area (Å²) in [5, 5.41) is 16.8. The highest BCUT2D eigenvalue weighted by molar-refractivity contribution is 5.91. The number of anilines is 1. The molecule has 0 saturated heterocycles. The molecule has 2 N–H and O–H groups in total. The molecule has 0 radical (unpaired) electrons. The van der Waals surface area contributed by atoms with Crippen LogP contribution in [0.4, 0.5) is 5.82 Å². The molecule has 94 valence electrons. The quantitative estimate of drug-likeness (QED) is 0.845. The van der Waals surface area contributed by atoms with Gasteiger partial charge < -0.3 is 14.9 Å². The summed E-state index contributed by atoms with van der Waals surface area (Å²) in [5.74, 6) is -0.379. The first-order valence-corrected chi connectivity index (χ1v) is 5.71. The predicted molar refractivity (Wildman–Crippen MR) is 62.2 cm³/mol. The normalized spacial score (nSPS) is 17.4. The van der Waals surface area contributed by atoms with Gasteiger partial charge in [-0.1, -0.05) is 5.16 Å². The van der Waals surface area contributed by atoms with Gasteiger partial charge in [-0.05, 0) is 26.2 Å². The Labute approximate surface area is 102 Å². The Morgan fingerprint density at radius 2 is 2.28 bits per heavy atom. The Kier molecular flexibility index (Phi) is 2.22. The van der Waals surface area contributed by atoms with E-state index in [0.29, 0.717) is 35.5 Å². The summed E-state index contributed by atoms with van der Waals surface area (Å²) in [6.45, 7) is 1.77. The summed E-state index contributed by atoms with van der Waals surface area (Å²) < 4.78 is 5.03. The van der Waals surface area contributed by atoms with E-state index < -0.39 is 11.5 Å². The van der Waals surface area contributed by atoms with Crippen LogP contribution in [0, 0.1) is 6.92 Å². The molecule has 3 rings (SSSR count). The van der Waals surface area contributed by atoms with E-state index in [1.54, 1.807) is 6.92 Å². The molecule has 2 aromatic rings. The third-order valence-corrected chi connectivity index (χ3v) is 3.42. The van der Waals surface area contributed by atoms with Crippen molar-refractivity contribution in [1.82, 2.24) is 15.1 Å². The largest absolute Gasteiger partial charge is 0.480 e. The van der Waals surface area contributed by atoms with Crippen LogP contribution in [0.5, 0.6) is 0 Å². The van der Waals surface area contributed by atoms with Crippen molar-refractivity contribution in [2.75, 3.05) is 5.32 Å². The zero-order chi connectivity index (χ0) is 12.8. The molecule has 0 bridgehead atoms. The summed E-state index contributed by atoms with van der Waals surface area (Å²) in [4.78, 5) is 19.4. The van der Waals surface area contributed by atoms with Crippen molar-refractivity contribution in [3.63, 3.8) is 0 Å². The number of nitrogens with one attached hydrogen (secondary N) is 1. The van der Waals surface area contributed by atoms with Gasteiger partial charge in [-0.2, -0.15) is 4.98 Å². The SMILES string of the molecule is Cc1noc2ncnc(NC3(C(=O)O)CCC3)c12. The number of aromatic nitrogens is 3. The Morgan fingerprint density at radius 1 is 1.50 bits per heavy atom. The summed E-state index contributed by atoms with van der Waals surface area (Å²) >= 11 is 0. The number of hydrogen-bond donors (Lipinski definition) is 2. The van der Waals surface area contributed by atoms with Crippen molar-refractivity contribution in [3.05, 3.63) is 12.0 Å². The lowest BCUT2D eigenvalue weighted by molar-refractivity contribution is -0.145. The highest BCUT2D eigenvalue weighted by Gasteiger charge is 2.45. The van der Waals surface area contributed by atoms with Crippen LogP contribution < -0.4 is 5.32 Å². The van der Waals surface area contributed by atoms with Gasteiger partial charge >= 0.3 is 5.97 Å². The van der Waals surface area contributed by atoms with Crippen LogP contribution in [0.25, 0.3) is 11.1 Å². The fourth-order valence-electron chi connectivity index (χ4n) is 2.17. The highest BCUT2D eigenvalue weighted by Crippen LogP contribution is 2.37. The first-order chi connectivity index (χ1) is 8.62. The van der Waals surface area contributed by atoms with Crippen molar-refractivity contribution < 1.29 is 14.4 Å². The van der Waals surface area contributed by atoms with E-state index in [-0.39, 0.29) is 0 Å². The molecular formula is C11H12N4O3. The predicted octanol–water partition coefficient (Wildman–Crippen LogP) is 1.35. The van der Waals surface area contributed by atoms with Gasteiger partial charge in [0.15, 0.2) is 0 Å². The average molecular weight is 248 g/mol. The standard InChI is InChI=1S/C11H12N4O3/c1-6-7-8(12-5-13-9(7)18-15-6)14-11(10(16)17)3-2-4-11/h5H,2-4H2,1H3,(H,16,17)(H,12,13,14). The minimum absolute atomic E-state index is 0.366. The number of carboxylic acids is 1. The molecule has 7 nitrogen and oxygen atoms in total. The molecule has 2 heterocycles. The molecule has 18 heavy (non-hydrogen) atoms. The molecule has 1 fully saturated rings. The van der Waals surface area contributed by atoms with E-state index in [2.05, 4.69) is 20.4 Å². The third kappa shape index (κ3) is 1.43. The smallest absolute Gasteiger partial charge is 0.329 e. The van der Waals surface area contributed by atoms with Crippen LogP contribution in [-0.2, 0) is 4.79 Å². The van der Waals surface area contributed by atoms with Gasteiger partial charge in [0.05, 0.1) is 5.69 Å². The molecular weight excluding hydrogens is 236 g/mol. The van der Waals surface area contributed by atoms with Crippen molar-refractivity contribution in [2.24, 2.45) is 0 Å². The second-order valence-electron chi connectivity index (χ2n) is 4.54. The number of hydrogen-bond acceptors (Lipinski definition) is 6. The van der Waals surface area contributed by atoms with Gasteiger partial charge in [-0.15, -0.1) is 0 Å². The lowest BCUT2D eigenvalue weighted by Gasteiger charge is -2.38. The average Bonchev–Trinajstić information content (AvgIpc) is 2.66. The molecule has 0 atom stereocenters. The maximum Gasteiger partial charge on any atom is 0.329 e. The molecule has 0 amide bonds. The minimum Gasteiger partial charge on any atom is -0.480 e. The molecule has 0 spiro atoms. The monoisotopic (exact) mass is 248 g/mol. The number of aliphatic carboxylic acids is 1. The van der Waals surface area contributed by atoms with Gasteiger partial charge in [0.25, 0.3) is 5.71 Å². The summed E-state index contributed by atoms with van der Waals surface area (Å²) in [7, 11) is 0. The van der Waals surface area contributed by atoms with Crippen LogP contribution in [-0.4, -0.2) is 31.7 Å². The number of carboxylic acid groups (broad SMARTS) is 1. The van der Waals surface area contributed by atoms with E-state index in [4.69, 9.17) is 4.52 Å². The van der Waals surface area contributed by atoms with Gasteiger partial charge in [-0.3, -0.25) is 0 Å². The lowest BCUT2D eigenvalue weighted by atomic mass is 9.77. The summed E-state index contributed by atoms with van der Waals surface area (Å²) in [5.41, 5.74) is 0.100. The van der Waals surface area contributed by atoms with Crippen LogP contribution >= 0.6 is 0 Å². The first-order valence-electron chi connectivity index (χ1n) is 5.71. The zero-order valence-electron chi connectivity index (χ0n) is 9.80. The molecule has 0 aromatic carbocycles. The summed E-state index contributed by atoms with van der Waals surface area (Å²) in [6, 6.07) is 0. The molecule has 0 unspecified atom stereocenters. The van der Waals surface area contributed by atoms with E-state index in [9.17, 15) is 9.90 Å². The van der Waals surface area contributed by atoms with E-state index in [1.807, 2.05) is 0 Å². The highest BCUT2D eigenvalue weighted by atomic mass is 16.5. The fraction of sp³-hybridized carbons (Fsp3) is 0.455. The second-order valence-corrected chi connectivity index (χ2v) is 4.54. The van der Waals surface area contributed by atoms with Gasteiger partial charge in [-0.25, -0.2) is 9.78 Å². The maximum atomic E-state index is 11.3. The van der Waals surface area contributed by atoms with Crippen molar-refractivity contribution >= 4 is 22.9 Å². The van der Waals surface area contributed by atoms with Crippen molar-refractivity contribution in [1.29, 1.82) is 0 Å². The molecule has 0 aliphatic heterocycles. The molecule has 7 heteroatoms. The molecule has 1 saturated carbocycles. The molecule has 1 aliphatic rings. The Bertz CT molecular complexity index is 618. The zero-order valence-corrected chi connectivity index (χ0v) is 9.80. The number of rotatable bonds is 3. The first kappa shape index (κ1) is 10.9. The molecule has 2 aromatic heterocycles. The Morgan fingerprint density at radius 3 is 2.89 bits per heavy atom. The lowest BCUT2D eigenvalue weighted by Crippen LogP contribution is -2.52. The Hall–Kier alpha value is -2.18. The molecule has 1 aliphatic carbocycles. The third-order valence-electron chi connectivity index (χ3n) is 3.42. The van der Waals surface area contributed by atoms with E-state index in [1.165, 1.54) is 6.33 Å². The number of nitrogens with zero attached hydrogens (tertiary/aromatic N) is 3. The Balaban J connectivity index is 2.05. The number of aryl methyl sites for hydroxylation is 1. The van der Waals surface area contributed by atoms with Crippen LogP contribution in [0.1, 0.15) is 25.0 Å². The maximum absolute atomic E-state index is 11.3.